The van der Waals surface area contributed by atoms with Crippen LogP contribution in [0.3, 0.4) is 0 Å². The van der Waals surface area contributed by atoms with Gasteiger partial charge in [-0.25, -0.2) is 12.7 Å². The fourth-order valence-corrected chi connectivity index (χ4v) is 5.05. The first-order chi connectivity index (χ1) is 13.3. The van der Waals surface area contributed by atoms with Gasteiger partial charge in [-0.15, -0.1) is 11.3 Å². The first-order valence-corrected chi connectivity index (χ1v) is 10.9. The summed E-state index contributed by atoms with van der Waals surface area (Å²) >= 11 is 1.36. The lowest BCUT2D eigenvalue weighted by molar-refractivity contribution is 0.282. The number of sulfonamides is 1. The summed E-state index contributed by atoms with van der Waals surface area (Å²) in [6.45, 7) is -0.173. The molecule has 4 rings (SSSR count). The van der Waals surface area contributed by atoms with Gasteiger partial charge in [0.15, 0.2) is 0 Å². The Morgan fingerprint density at radius 2 is 1.79 bits per heavy atom. The Labute approximate surface area is 165 Å². The van der Waals surface area contributed by atoms with Gasteiger partial charge in [0.1, 0.15) is 4.70 Å². The first-order valence-electron chi connectivity index (χ1n) is 8.53. The van der Waals surface area contributed by atoms with E-state index in [1.807, 2.05) is 11.4 Å². The average molecular weight is 415 g/mol. The van der Waals surface area contributed by atoms with Crippen molar-refractivity contribution in [2.45, 2.75) is 11.5 Å². The summed E-state index contributed by atoms with van der Waals surface area (Å²) in [4.78, 5) is 15.4. The van der Waals surface area contributed by atoms with Gasteiger partial charge in [-0.3, -0.25) is 4.79 Å². The molecule has 0 spiro atoms. The number of thiophene rings is 1. The van der Waals surface area contributed by atoms with E-state index in [0.29, 0.717) is 15.8 Å². The number of H-pyrrole nitrogens is 1. The molecule has 6 nitrogen and oxygen atoms in total. The number of aromatic nitrogens is 1. The third-order valence-corrected chi connectivity index (χ3v) is 7.52. The van der Waals surface area contributed by atoms with Gasteiger partial charge in [0, 0.05) is 30.4 Å². The lowest BCUT2D eigenvalue weighted by atomic mass is 9.94. The molecule has 0 aliphatic rings. The second-order valence-corrected chi connectivity index (χ2v) is 9.68. The molecule has 2 heterocycles. The van der Waals surface area contributed by atoms with E-state index >= 15 is 0 Å². The smallest absolute Gasteiger partial charge is 0.266 e. The van der Waals surface area contributed by atoms with Crippen LogP contribution < -0.4 is 5.56 Å². The molecule has 2 aromatic carbocycles. The van der Waals surface area contributed by atoms with Crippen LogP contribution in [0.2, 0.25) is 0 Å². The number of pyridine rings is 1. The summed E-state index contributed by atoms with van der Waals surface area (Å²) in [6, 6.07) is 12.0. The van der Waals surface area contributed by atoms with E-state index in [9.17, 15) is 18.3 Å². The molecule has 0 aliphatic heterocycles. The molecule has 8 heteroatoms. The molecule has 4 aromatic rings. The maximum Gasteiger partial charge on any atom is 0.266 e. The van der Waals surface area contributed by atoms with Gasteiger partial charge in [0.2, 0.25) is 10.0 Å². The predicted octanol–water partition coefficient (Wildman–Crippen LogP) is 3.15. The highest BCUT2D eigenvalue weighted by Crippen LogP contribution is 2.37. The van der Waals surface area contributed by atoms with Crippen molar-refractivity contribution in [3.05, 3.63) is 63.8 Å². The normalized spacial score (nSPS) is 12.3. The van der Waals surface area contributed by atoms with Gasteiger partial charge in [-0.1, -0.05) is 18.2 Å². The quantitative estimate of drug-likeness (QED) is 0.537. The Bertz CT molecular complexity index is 1350. The summed E-state index contributed by atoms with van der Waals surface area (Å²) in [5, 5.41) is 13.4. The van der Waals surface area contributed by atoms with E-state index in [1.165, 1.54) is 29.7 Å². The zero-order valence-corrected chi connectivity index (χ0v) is 16.9. The number of aromatic amines is 1. The van der Waals surface area contributed by atoms with Gasteiger partial charge in [-0.05, 0) is 46.3 Å². The zero-order chi connectivity index (χ0) is 20.1. The molecular weight excluding hydrogens is 396 g/mol. The largest absolute Gasteiger partial charge is 0.392 e. The highest BCUT2D eigenvalue weighted by Gasteiger charge is 2.19. The minimum atomic E-state index is -3.53. The highest BCUT2D eigenvalue weighted by molar-refractivity contribution is 7.89. The number of benzene rings is 2. The molecule has 0 amide bonds. The number of nitrogens with one attached hydrogen (secondary N) is 1. The van der Waals surface area contributed by atoms with Crippen LogP contribution in [-0.4, -0.2) is 36.9 Å². The second-order valence-electron chi connectivity index (χ2n) is 6.61. The first kappa shape index (κ1) is 18.8. The van der Waals surface area contributed by atoms with Crippen LogP contribution in [0, 0.1) is 0 Å². The van der Waals surface area contributed by atoms with Crippen molar-refractivity contribution in [1.82, 2.24) is 9.29 Å². The summed E-state index contributed by atoms with van der Waals surface area (Å²) < 4.78 is 26.5. The molecule has 0 bridgehead atoms. The Kier molecular flexibility index (Phi) is 4.59. The summed E-state index contributed by atoms with van der Waals surface area (Å²) in [5.74, 6) is 0. The molecule has 0 atom stereocenters. The van der Waals surface area contributed by atoms with Crippen LogP contribution in [0.25, 0.3) is 32.1 Å². The Balaban J connectivity index is 2.03. The molecule has 0 saturated heterocycles. The monoisotopic (exact) mass is 414 g/mol. The van der Waals surface area contributed by atoms with Crippen molar-refractivity contribution >= 4 is 42.3 Å². The van der Waals surface area contributed by atoms with Crippen molar-refractivity contribution in [3.8, 4) is 11.1 Å². The van der Waals surface area contributed by atoms with Crippen LogP contribution in [0.5, 0.6) is 0 Å². The van der Waals surface area contributed by atoms with E-state index in [-0.39, 0.29) is 17.1 Å². The van der Waals surface area contributed by atoms with Crippen LogP contribution in [0.1, 0.15) is 5.56 Å². The minimum absolute atomic E-state index is 0.146. The number of hydrogen-bond acceptors (Lipinski definition) is 5. The zero-order valence-electron chi connectivity index (χ0n) is 15.3. The van der Waals surface area contributed by atoms with Crippen LogP contribution in [0.15, 0.2) is 57.5 Å². The van der Waals surface area contributed by atoms with E-state index in [1.54, 1.807) is 36.4 Å². The standard InChI is InChI=1S/C20H18N2O4S2/c1-22(2)28(25,26)14-6-3-12(4-7-14)17-13(11-23)5-8-16-18(17)15-9-10-27-19(15)20(24)21-16/h3-10,23H,11H2,1-2H3,(H,21,24). The van der Waals surface area contributed by atoms with E-state index in [0.717, 1.165) is 21.9 Å². The molecule has 28 heavy (non-hydrogen) atoms. The topological polar surface area (TPSA) is 90.5 Å². The maximum atomic E-state index is 12.3. The Hall–Kier alpha value is -2.52. The number of aliphatic hydroxyl groups excluding tert-OH is 1. The van der Waals surface area contributed by atoms with Gasteiger partial charge < -0.3 is 10.1 Å². The van der Waals surface area contributed by atoms with E-state index < -0.39 is 10.0 Å². The van der Waals surface area contributed by atoms with Gasteiger partial charge in [0.25, 0.3) is 5.56 Å². The van der Waals surface area contributed by atoms with Crippen molar-refractivity contribution in [1.29, 1.82) is 0 Å². The molecule has 0 radical (unpaired) electrons. The lowest BCUT2D eigenvalue weighted by Gasteiger charge is -2.15. The number of nitrogens with zero attached hydrogens (tertiary/aromatic N) is 1. The molecule has 0 fully saturated rings. The lowest BCUT2D eigenvalue weighted by Crippen LogP contribution is -2.22. The molecule has 2 aromatic heterocycles. The van der Waals surface area contributed by atoms with Gasteiger partial charge in [-0.2, -0.15) is 0 Å². The molecule has 0 unspecified atom stereocenters. The predicted molar refractivity (Wildman–Crippen MR) is 112 cm³/mol. The van der Waals surface area contributed by atoms with E-state index in [2.05, 4.69) is 4.98 Å². The fourth-order valence-electron chi connectivity index (χ4n) is 3.36. The third-order valence-electron chi connectivity index (χ3n) is 4.77. The average Bonchev–Trinajstić information content (AvgIpc) is 3.18. The Morgan fingerprint density at radius 1 is 1.07 bits per heavy atom. The molecule has 2 N–H and O–H groups in total. The molecule has 0 saturated carbocycles. The number of aliphatic hydroxyl groups is 1. The summed E-state index contributed by atoms with van der Waals surface area (Å²) in [5.41, 5.74) is 2.79. The number of rotatable bonds is 4. The van der Waals surface area contributed by atoms with Gasteiger partial charge >= 0.3 is 0 Å². The molecule has 144 valence electrons. The van der Waals surface area contributed by atoms with Gasteiger partial charge in [0.05, 0.1) is 11.5 Å². The number of fused-ring (bicyclic) bond motifs is 3. The number of hydrogen-bond donors (Lipinski definition) is 2. The van der Waals surface area contributed by atoms with Crippen LogP contribution in [0.4, 0.5) is 0 Å². The highest BCUT2D eigenvalue weighted by atomic mass is 32.2. The third kappa shape index (κ3) is 2.85. The fraction of sp³-hybridized carbons (Fsp3) is 0.150. The van der Waals surface area contributed by atoms with Crippen molar-refractivity contribution in [2.24, 2.45) is 0 Å². The SMILES string of the molecule is CN(C)S(=O)(=O)c1ccc(-c2c(CO)ccc3[nH]c(=O)c4sccc4c23)cc1. The maximum absolute atomic E-state index is 12.3. The van der Waals surface area contributed by atoms with Crippen molar-refractivity contribution in [2.75, 3.05) is 14.1 Å². The Morgan fingerprint density at radius 3 is 2.43 bits per heavy atom. The molecular formula is C20H18N2O4S2. The van der Waals surface area contributed by atoms with Crippen molar-refractivity contribution in [3.63, 3.8) is 0 Å². The summed E-state index contributed by atoms with van der Waals surface area (Å²) in [7, 11) is -0.552. The molecule has 0 aliphatic carbocycles. The van der Waals surface area contributed by atoms with Crippen LogP contribution >= 0.6 is 11.3 Å². The van der Waals surface area contributed by atoms with Crippen LogP contribution in [-0.2, 0) is 16.6 Å². The summed E-state index contributed by atoms with van der Waals surface area (Å²) in [6.07, 6.45) is 0. The van der Waals surface area contributed by atoms with Crippen molar-refractivity contribution < 1.29 is 13.5 Å². The minimum Gasteiger partial charge on any atom is -0.392 e. The second kappa shape index (κ2) is 6.82. The van der Waals surface area contributed by atoms with E-state index in [4.69, 9.17) is 0 Å².